The van der Waals surface area contributed by atoms with Crippen LogP contribution in [0, 0.1) is 23.7 Å². The van der Waals surface area contributed by atoms with Crippen molar-refractivity contribution in [3.05, 3.63) is 41.5 Å². The van der Waals surface area contributed by atoms with Crippen molar-refractivity contribution in [2.45, 2.75) is 25.7 Å². The van der Waals surface area contributed by atoms with E-state index in [1.807, 2.05) is 24.3 Å². The van der Waals surface area contributed by atoms with Gasteiger partial charge in [-0.25, -0.2) is 0 Å². The molecule has 0 saturated heterocycles. The molecule has 3 aliphatic carbocycles. The Kier molecular flexibility index (Phi) is 3.06. The van der Waals surface area contributed by atoms with Gasteiger partial charge in [0.05, 0.1) is 11.8 Å². The molecular formula is C18H19NO3. The van der Waals surface area contributed by atoms with Gasteiger partial charge in [0.2, 0.25) is 5.91 Å². The van der Waals surface area contributed by atoms with E-state index in [0.29, 0.717) is 0 Å². The number of carboxylic acid groups (broad SMARTS) is 1. The van der Waals surface area contributed by atoms with E-state index in [4.69, 9.17) is 0 Å². The molecule has 0 heterocycles. The third kappa shape index (κ3) is 2.05. The first-order valence-corrected chi connectivity index (χ1v) is 7.97. The number of aliphatic carboxylic acids is 1. The lowest BCUT2D eigenvalue weighted by atomic mass is 9.82. The third-order valence-electron chi connectivity index (χ3n) is 5.41. The van der Waals surface area contributed by atoms with Gasteiger partial charge in [-0.2, -0.15) is 0 Å². The maximum atomic E-state index is 12.6. The van der Waals surface area contributed by atoms with Gasteiger partial charge in [0.25, 0.3) is 0 Å². The molecule has 0 aliphatic heterocycles. The maximum Gasteiger partial charge on any atom is 0.307 e. The normalized spacial score (nSPS) is 31.3. The summed E-state index contributed by atoms with van der Waals surface area (Å²) < 4.78 is 0. The molecule has 1 aromatic rings. The first-order valence-electron chi connectivity index (χ1n) is 7.97. The highest BCUT2D eigenvalue weighted by Gasteiger charge is 2.51. The summed E-state index contributed by atoms with van der Waals surface area (Å²) in [5.41, 5.74) is 3.46. The zero-order valence-corrected chi connectivity index (χ0v) is 12.3. The van der Waals surface area contributed by atoms with Crippen LogP contribution < -0.4 is 5.32 Å². The van der Waals surface area contributed by atoms with Gasteiger partial charge in [0.15, 0.2) is 0 Å². The van der Waals surface area contributed by atoms with Gasteiger partial charge in [-0.05, 0) is 60.8 Å². The fraction of sp³-hybridized carbons (Fsp3) is 0.444. The minimum Gasteiger partial charge on any atom is -0.481 e. The molecule has 1 amide bonds. The lowest BCUT2D eigenvalue weighted by Crippen LogP contribution is -2.36. The Morgan fingerprint density at radius 3 is 2.55 bits per heavy atom. The van der Waals surface area contributed by atoms with E-state index in [2.05, 4.69) is 11.4 Å². The number of rotatable bonds is 3. The Bertz CT molecular complexity index is 679. The molecule has 2 bridgehead atoms. The van der Waals surface area contributed by atoms with Gasteiger partial charge >= 0.3 is 5.97 Å². The third-order valence-corrected chi connectivity index (χ3v) is 5.41. The maximum absolute atomic E-state index is 12.6. The van der Waals surface area contributed by atoms with Crippen LogP contribution in [0.25, 0.3) is 0 Å². The van der Waals surface area contributed by atoms with E-state index in [1.165, 1.54) is 17.5 Å². The number of hydrogen-bond acceptors (Lipinski definition) is 2. The van der Waals surface area contributed by atoms with Crippen molar-refractivity contribution in [3.63, 3.8) is 0 Å². The van der Waals surface area contributed by atoms with Crippen molar-refractivity contribution in [3.8, 4) is 0 Å². The zero-order chi connectivity index (χ0) is 15.3. The van der Waals surface area contributed by atoms with E-state index in [9.17, 15) is 14.7 Å². The van der Waals surface area contributed by atoms with Crippen molar-refractivity contribution >= 4 is 17.6 Å². The van der Waals surface area contributed by atoms with Crippen LogP contribution >= 0.6 is 0 Å². The number of aryl methyl sites for hydroxylation is 2. The summed E-state index contributed by atoms with van der Waals surface area (Å²) in [5.74, 6) is -1.95. The minimum atomic E-state index is -0.856. The number of carbonyl (C=O) groups excluding carboxylic acids is 1. The van der Waals surface area contributed by atoms with Gasteiger partial charge in [-0.15, -0.1) is 0 Å². The fourth-order valence-electron chi connectivity index (χ4n) is 4.39. The van der Waals surface area contributed by atoms with Gasteiger partial charge < -0.3 is 10.4 Å². The molecule has 4 atom stereocenters. The minimum absolute atomic E-state index is 0.0123. The van der Waals surface area contributed by atoms with Crippen LogP contribution in [0.1, 0.15) is 24.0 Å². The molecule has 0 spiro atoms. The first-order chi connectivity index (χ1) is 10.6. The highest BCUT2D eigenvalue weighted by atomic mass is 16.4. The van der Waals surface area contributed by atoms with Crippen molar-refractivity contribution in [1.29, 1.82) is 0 Å². The van der Waals surface area contributed by atoms with Gasteiger partial charge in [0, 0.05) is 5.69 Å². The largest absolute Gasteiger partial charge is 0.481 e. The summed E-state index contributed by atoms with van der Waals surface area (Å²) in [4.78, 5) is 24.1. The molecule has 114 valence electrons. The Hall–Kier alpha value is -2.10. The number of amides is 1. The van der Waals surface area contributed by atoms with Crippen LogP contribution in [-0.2, 0) is 22.4 Å². The van der Waals surface area contributed by atoms with Crippen LogP contribution in [0.4, 0.5) is 5.69 Å². The summed E-state index contributed by atoms with van der Waals surface area (Å²) in [5, 5.41) is 12.4. The number of carboxylic acids is 1. The van der Waals surface area contributed by atoms with Crippen LogP contribution in [0.3, 0.4) is 0 Å². The molecule has 1 saturated carbocycles. The number of carbonyl (C=O) groups is 2. The van der Waals surface area contributed by atoms with Crippen molar-refractivity contribution in [2.75, 3.05) is 5.32 Å². The Balaban J connectivity index is 1.55. The topological polar surface area (TPSA) is 66.4 Å². The summed E-state index contributed by atoms with van der Waals surface area (Å²) in [6.07, 6.45) is 8.11. The quantitative estimate of drug-likeness (QED) is 0.843. The summed E-state index contributed by atoms with van der Waals surface area (Å²) in [6, 6.07) is 6.05. The second-order valence-electron chi connectivity index (χ2n) is 6.66. The number of nitrogens with one attached hydrogen (secondary N) is 1. The average Bonchev–Trinajstić information content (AvgIpc) is 3.20. The van der Waals surface area contributed by atoms with Crippen molar-refractivity contribution in [2.24, 2.45) is 23.7 Å². The van der Waals surface area contributed by atoms with Gasteiger partial charge in [0.1, 0.15) is 0 Å². The van der Waals surface area contributed by atoms with E-state index >= 15 is 0 Å². The van der Waals surface area contributed by atoms with E-state index in [1.54, 1.807) is 0 Å². The van der Waals surface area contributed by atoms with Crippen LogP contribution in [-0.4, -0.2) is 17.0 Å². The predicted molar refractivity (Wildman–Crippen MR) is 82.4 cm³/mol. The zero-order valence-electron chi connectivity index (χ0n) is 12.3. The van der Waals surface area contributed by atoms with Crippen molar-refractivity contribution in [1.82, 2.24) is 0 Å². The summed E-state index contributed by atoms with van der Waals surface area (Å²) >= 11 is 0. The SMILES string of the molecule is O=C(O)[C@@H]1[C@H](C(=O)Nc2ccc3c(c2)CCC3)[C@@H]2C=C[C@H]1C2. The molecule has 4 rings (SSSR count). The fourth-order valence-corrected chi connectivity index (χ4v) is 4.39. The smallest absolute Gasteiger partial charge is 0.307 e. The number of fused-ring (bicyclic) bond motifs is 3. The Morgan fingerprint density at radius 2 is 1.77 bits per heavy atom. The van der Waals surface area contributed by atoms with Crippen LogP contribution in [0.15, 0.2) is 30.4 Å². The molecule has 4 nitrogen and oxygen atoms in total. The first kappa shape index (κ1) is 13.6. The second kappa shape index (κ2) is 4.97. The van der Waals surface area contributed by atoms with Crippen LogP contribution in [0.5, 0.6) is 0 Å². The van der Waals surface area contributed by atoms with Crippen molar-refractivity contribution < 1.29 is 14.7 Å². The number of allylic oxidation sites excluding steroid dienone is 2. The molecule has 22 heavy (non-hydrogen) atoms. The summed E-state index contributed by atoms with van der Waals surface area (Å²) in [7, 11) is 0. The molecular weight excluding hydrogens is 278 g/mol. The molecule has 0 aromatic heterocycles. The molecule has 1 aromatic carbocycles. The number of benzene rings is 1. The molecule has 2 N–H and O–H groups in total. The van der Waals surface area contributed by atoms with E-state index < -0.39 is 17.8 Å². The number of hydrogen-bond donors (Lipinski definition) is 2. The lowest BCUT2D eigenvalue weighted by molar-refractivity contribution is -0.146. The van der Waals surface area contributed by atoms with Gasteiger partial charge in [-0.1, -0.05) is 18.2 Å². The Morgan fingerprint density at radius 1 is 1.05 bits per heavy atom. The predicted octanol–water partition coefficient (Wildman–Crippen LogP) is 2.64. The molecule has 0 unspecified atom stereocenters. The monoisotopic (exact) mass is 297 g/mol. The summed E-state index contributed by atoms with van der Waals surface area (Å²) in [6.45, 7) is 0. The second-order valence-corrected chi connectivity index (χ2v) is 6.66. The number of anilines is 1. The van der Waals surface area contributed by atoms with Crippen LogP contribution in [0.2, 0.25) is 0 Å². The molecule has 1 fully saturated rings. The molecule has 0 radical (unpaired) electrons. The van der Waals surface area contributed by atoms with E-state index in [0.717, 1.165) is 24.9 Å². The van der Waals surface area contributed by atoms with E-state index in [-0.39, 0.29) is 17.7 Å². The highest BCUT2D eigenvalue weighted by molar-refractivity contribution is 5.96. The standard InChI is InChI=1S/C18H19NO3/c20-17(15-12-4-5-13(8-12)16(15)18(21)22)19-14-7-6-10-2-1-3-11(10)9-14/h4-7,9,12-13,15-16H,1-3,8H2,(H,19,20)(H,21,22)/t12-,13+,15-,16+/m1/s1. The van der Waals surface area contributed by atoms with Gasteiger partial charge in [-0.3, -0.25) is 9.59 Å². The lowest BCUT2D eigenvalue weighted by Gasteiger charge is -2.24. The average molecular weight is 297 g/mol. The highest BCUT2D eigenvalue weighted by Crippen LogP contribution is 2.48. The molecule has 4 heteroatoms. The Labute approximate surface area is 129 Å². The molecule has 3 aliphatic rings.